The van der Waals surface area contributed by atoms with E-state index in [0.29, 0.717) is 23.5 Å². The zero-order chi connectivity index (χ0) is 17.2. The molecule has 1 aromatic carbocycles. The Morgan fingerprint density at radius 3 is 2.79 bits per heavy atom. The number of piperidine rings is 1. The van der Waals surface area contributed by atoms with Crippen molar-refractivity contribution >= 4 is 5.91 Å². The van der Waals surface area contributed by atoms with E-state index in [1.807, 2.05) is 0 Å². The van der Waals surface area contributed by atoms with Crippen LogP contribution in [0.2, 0.25) is 0 Å². The Morgan fingerprint density at radius 2 is 2.08 bits per heavy atom. The third-order valence-electron chi connectivity index (χ3n) is 4.82. The molecule has 1 aliphatic heterocycles. The fraction of sp³-hybridized carbons (Fsp3) is 0.444. The molecular weight excluding hydrogens is 307 g/mol. The molecule has 0 bridgehead atoms. The quantitative estimate of drug-likeness (QED) is 0.905. The van der Waals surface area contributed by atoms with Gasteiger partial charge in [0.15, 0.2) is 0 Å². The van der Waals surface area contributed by atoms with Crippen molar-refractivity contribution in [2.45, 2.75) is 26.7 Å². The number of hydrogen-bond acceptors (Lipinski definition) is 3. The van der Waals surface area contributed by atoms with Gasteiger partial charge in [0.05, 0.1) is 17.5 Å². The van der Waals surface area contributed by atoms with Crippen molar-refractivity contribution in [2.24, 2.45) is 5.41 Å². The summed E-state index contributed by atoms with van der Waals surface area (Å²) in [5.74, 6) is -0.521. The molecule has 2 heterocycles. The van der Waals surface area contributed by atoms with Gasteiger partial charge < -0.3 is 10.6 Å². The van der Waals surface area contributed by atoms with Crippen LogP contribution in [0.5, 0.6) is 0 Å². The number of rotatable bonds is 4. The van der Waals surface area contributed by atoms with Crippen LogP contribution in [-0.4, -0.2) is 35.3 Å². The Labute approximate surface area is 141 Å². The molecule has 0 aliphatic carbocycles. The number of carbonyl (C=O) groups is 1. The van der Waals surface area contributed by atoms with Crippen LogP contribution in [0, 0.1) is 18.2 Å². The maximum atomic E-state index is 13.9. The molecule has 1 amide bonds. The molecule has 6 heteroatoms. The minimum Gasteiger partial charge on any atom is -0.351 e. The van der Waals surface area contributed by atoms with Gasteiger partial charge in [0.2, 0.25) is 0 Å². The molecule has 1 aliphatic rings. The van der Waals surface area contributed by atoms with Crippen LogP contribution in [0.1, 0.15) is 35.8 Å². The predicted octanol–water partition coefficient (Wildman–Crippen LogP) is 2.44. The van der Waals surface area contributed by atoms with E-state index in [1.165, 1.54) is 16.9 Å². The summed E-state index contributed by atoms with van der Waals surface area (Å²) in [5, 5.41) is 10.5. The lowest BCUT2D eigenvalue weighted by atomic mass is 9.81. The molecule has 3 rings (SSSR count). The molecule has 1 fully saturated rings. The maximum absolute atomic E-state index is 13.9. The van der Waals surface area contributed by atoms with Crippen molar-refractivity contribution in [1.29, 1.82) is 0 Å². The highest BCUT2D eigenvalue weighted by atomic mass is 19.1. The highest BCUT2D eigenvalue weighted by molar-refractivity contribution is 5.95. The molecule has 0 saturated carbocycles. The van der Waals surface area contributed by atoms with E-state index in [9.17, 15) is 9.18 Å². The monoisotopic (exact) mass is 330 g/mol. The van der Waals surface area contributed by atoms with Gasteiger partial charge in [-0.1, -0.05) is 19.1 Å². The Hall–Kier alpha value is -2.21. The molecule has 24 heavy (non-hydrogen) atoms. The number of nitrogens with zero attached hydrogens (tertiary/aromatic N) is 2. The number of amides is 1. The van der Waals surface area contributed by atoms with Crippen LogP contribution in [0.3, 0.4) is 0 Å². The van der Waals surface area contributed by atoms with Crippen molar-refractivity contribution in [2.75, 3.05) is 19.6 Å². The summed E-state index contributed by atoms with van der Waals surface area (Å²) < 4.78 is 15.4. The second-order valence-corrected chi connectivity index (χ2v) is 6.75. The largest absolute Gasteiger partial charge is 0.351 e. The number of nitrogens with one attached hydrogen (secondary N) is 2. The van der Waals surface area contributed by atoms with Gasteiger partial charge in [-0.25, -0.2) is 9.07 Å². The van der Waals surface area contributed by atoms with Gasteiger partial charge in [-0.15, -0.1) is 0 Å². The molecule has 2 N–H and O–H groups in total. The van der Waals surface area contributed by atoms with Gasteiger partial charge in [0.1, 0.15) is 11.5 Å². The van der Waals surface area contributed by atoms with E-state index in [4.69, 9.17) is 0 Å². The summed E-state index contributed by atoms with van der Waals surface area (Å²) in [5.41, 5.74) is 1.58. The molecule has 0 unspecified atom stereocenters. The summed E-state index contributed by atoms with van der Waals surface area (Å²) in [7, 11) is 0. The third-order valence-corrected chi connectivity index (χ3v) is 4.82. The molecule has 0 atom stereocenters. The molecule has 1 aromatic heterocycles. The van der Waals surface area contributed by atoms with E-state index in [1.54, 1.807) is 25.1 Å². The van der Waals surface area contributed by atoms with Gasteiger partial charge in [-0.05, 0) is 50.4 Å². The normalized spacial score (nSPS) is 16.8. The van der Waals surface area contributed by atoms with Crippen molar-refractivity contribution in [3.05, 3.63) is 47.5 Å². The predicted molar refractivity (Wildman–Crippen MR) is 90.8 cm³/mol. The lowest BCUT2D eigenvalue weighted by molar-refractivity contribution is 0.0921. The number of benzene rings is 1. The Balaban J connectivity index is 1.73. The minimum absolute atomic E-state index is 0.121. The van der Waals surface area contributed by atoms with E-state index < -0.39 is 0 Å². The van der Waals surface area contributed by atoms with Crippen molar-refractivity contribution in [1.82, 2.24) is 20.4 Å². The third kappa shape index (κ3) is 3.33. The van der Waals surface area contributed by atoms with Gasteiger partial charge in [0.25, 0.3) is 5.91 Å². The van der Waals surface area contributed by atoms with Gasteiger partial charge in [0, 0.05) is 6.54 Å². The summed E-state index contributed by atoms with van der Waals surface area (Å²) in [4.78, 5) is 12.5. The van der Waals surface area contributed by atoms with Gasteiger partial charge in [-0.2, -0.15) is 5.10 Å². The maximum Gasteiger partial charge on any atom is 0.254 e. The molecule has 0 spiro atoms. The van der Waals surface area contributed by atoms with E-state index in [0.717, 1.165) is 25.9 Å². The number of carbonyl (C=O) groups excluding carboxylic acids is 1. The Bertz CT molecular complexity index is 734. The lowest BCUT2D eigenvalue weighted by Gasteiger charge is -2.34. The SMILES string of the molecule is Cc1c(C(=O)NCC2(C)CCNCC2)cnn1-c1ccccc1F. The molecule has 128 valence electrons. The second kappa shape index (κ2) is 6.73. The fourth-order valence-electron chi connectivity index (χ4n) is 3.09. The van der Waals surface area contributed by atoms with E-state index >= 15 is 0 Å². The first kappa shape index (κ1) is 16.6. The van der Waals surface area contributed by atoms with E-state index in [-0.39, 0.29) is 17.1 Å². The highest BCUT2D eigenvalue weighted by Crippen LogP contribution is 2.27. The second-order valence-electron chi connectivity index (χ2n) is 6.75. The van der Waals surface area contributed by atoms with Crippen molar-refractivity contribution < 1.29 is 9.18 Å². The average Bonchev–Trinajstić information content (AvgIpc) is 2.95. The first-order valence-electron chi connectivity index (χ1n) is 8.29. The average molecular weight is 330 g/mol. The Kier molecular flexibility index (Phi) is 4.66. The molecular formula is C18H23FN4O. The molecule has 2 aromatic rings. The number of para-hydroxylation sites is 1. The van der Waals surface area contributed by atoms with Crippen molar-refractivity contribution in [3.8, 4) is 5.69 Å². The molecule has 0 radical (unpaired) electrons. The zero-order valence-electron chi connectivity index (χ0n) is 14.1. The first-order chi connectivity index (χ1) is 11.5. The summed E-state index contributed by atoms with van der Waals surface area (Å²) in [6, 6.07) is 6.41. The van der Waals surface area contributed by atoms with Crippen molar-refractivity contribution in [3.63, 3.8) is 0 Å². The standard InChI is InChI=1S/C18H23FN4O/c1-13-14(11-22-23(13)16-6-4-3-5-15(16)19)17(24)21-12-18(2)7-9-20-10-8-18/h3-6,11,20H,7-10,12H2,1-2H3,(H,21,24). The topological polar surface area (TPSA) is 59.0 Å². The van der Waals surface area contributed by atoms with Crippen LogP contribution in [0.4, 0.5) is 4.39 Å². The highest BCUT2D eigenvalue weighted by Gasteiger charge is 2.27. The number of aromatic nitrogens is 2. The molecule has 1 saturated heterocycles. The first-order valence-corrected chi connectivity index (χ1v) is 8.29. The van der Waals surface area contributed by atoms with Crippen LogP contribution in [-0.2, 0) is 0 Å². The van der Waals surface area contributed by atoms with E-state index in [2.05, 4.69) is 22.7 Å². The Morgan fingerprint density at radius 1 is 1.38 bits per heavy atom. The summed E-state index contributed by atoms with van der Waals surface area (Å²) in [6.45, 7) is 6.58. The smallest absolute Gasteiger partial charge is 0.254 e. The van der Waals surface area contributed by atoms with Crippen LogP contribution in [0.25, 0.3) is 5.69 Å². The minimum atomic E-state index is -0.363. The zero-order valence-corrected chi connectivity index (χ0v) is 14.1. The number of hydrogen-bond donors (Lipinski definition) is 2. The van der Waals surface area contributed by atoms with Crippen LogP contribution in [0.15, 0.2) is 30.5 Å². The number of halogens is 1. The summed E-state index contributed by atoms with van der Waals surface area (Å²) in [6.07, 6.45) is 3.59. The summed E-state index contributed by atoms with van der Waals surface area (Å²) >= 11 is 0. The fourth-order valence-corrected chi connectivity index (χ4v) is 3.09. The van der Waals surface area contributed by atoms with Gasteiger partial charge >= 0.3 is 0 Å². The lowest BCUT2D eigenvalue weighted by Crippen LogP contribution is -2.43. The van der Waals surface area contributed by atoms with Gasteiger partial charge in [-0.3, -0.25) is 4.79 Å². The van der Waals surface area contributed by atoms with Crippen LogP contribution < -0.4 is 10.6 Å². The molecule has 5 nitrogen and oxygen atoms in total. The van der Waals surface area contributed by atoms with Crippen LogP contribution >= 0.6 is 0 Å².